The van der Waals surface area contributed by atoms with Crippen LogP contribution in [0, 0.1) is 0 Å². The van der Waals surface area contributed by atoms with Crippen LogP contribution in [0.25, 0.3) is 0 Å². The zero-order chi connectivity index (χ0) is 11.5. The van der Waals surface area contributed by atoms with Gasteiger partial charge in [-0.3, -0.25) is 0 Å². The zero-order valence-electron chi connectivity index (χ0n) is 8.17. The highest BCUT2D eigenvalue weighted by Gasteiger charge is 2.32. The molecule has 1 aromatic rings. The number of hydrogen-bond donors (Lipinski definition) is 1. The van der Waals surface area contributed by atoms with Crippen LogP contribution in [-0.4, -0.2) is 11.0 Å². The molecule has 2 nitrogen and oxygen atoms in total. The van der Waals surface area contributed by atoms with Crippen LogP contribution in [0.2, 0.25) is 0 Å². The largest absolute Gasteiger partial charge is 0.433 e. The first kappa shape index (κ1) is 11.6. The Kier molecular flexibility index (Phi) is 3.34. The highest BCUT2D eigenvalue weighted by atomic mass is 19.4. The maximum atomic E-state index is 12.3. The second-order valence-electron chi connectivity index (χ2n) is 3.07. The fourth-order valence-corrected chi connectivity index (χ4v) is 0.965. The van der Waals surface area contributed by atoms with Crippen LogP contribution < -0.4 is 5.32 Å². The summed E-state index contributed by atoms with van der Waals surface area (Å²) in [4.78, 5) is 3.45. The van der Waals surface area contributed by atoms with Crippen molar-refractivity contribution in [3.8, 4) is 0 Å². The van der Waals surface area contributed by atoms with Crippen LogP contribution >= 0.6 is 0 Å². The number of hydrogen-bond acceptors (Lipinski definition) is 2. The van der Waals surface area contributed by atoms with Crippen molar-refractivity contribution in [2.45, 2.75) is 19.1 Å². The zero-order valence-corrected chi connectivity index (χ0v) is 8.17. The molecule has 0 bridgehead atoms. The number of nitrogens with one attached hydrogen (secondary N) is 1. The molecule has 1 unspecified atom stereocenters. The summed E-state index contributed by atoms with van der Waals surface area (Å²) in [6.07, 6.45) is -2.82. The smallest absolute Gasteiger partial charge is 0.364 e. The predicted molar refractivity (Wildman–Crippen MR) is 52.5 cm³/mol. The predicted octanol–water partition coefficient (Wildman–Crippen LogP) is 3.09. The SMILES string of the molecule is C=CC(C)Nc1cccc(C(F)(F)F)n1. The van der Waals surface area contributed by atoms with Crippen LogP contribution in [-0.2, 0) is 6.18 Å². The minimum absolute atomic E-state index is 0.124. The maximum Gasteiger partial charge on any atom is 0.433 e. The summed E-state index contributed by atoms with van der Waals surface area (Å²) in [5, 5.41) is 2.77. The normalized spacial score (nSPS) is 13.3. The van der Waals surface area contributed by atoms with E-state index in [0.29, 0.717) is 0 Å². The topological polar surface area (TPSA) is 24.9 Å². The Labute approximate surface area is 85.8 Å². The minimum Gasteiger partial charge on any atom is -0.364 e. The van der Waals surface area contributed by atoms with Gasteiger partial charge in [-0.05, 0) is 19.1 Å². The Morgan fingerprint density at radius 1 is 1.47 bits per heavy atom. The lowest BCUT2D eigenvalue weighted by Gasteiger charge is -2.12. The average Bonchev–Trinajstić information content (AvgIpc) is 2.17. The van der Waals surface area contributed by atoms with Crippen LogP contribution in [0.5, 0.6) is 0 Å². The van der Waals surface area contributed by atoms with E-state index in [0.717, 1.165) is 6.07 Å². The van der Waals surface area contributed by atoms with Crippen molar-refractivity contribution in [2.75, 3.05) is 5.32 Å². The van der Waals surface area contributed by atoms with Gasteiger partial charge in [0.15, 0.2) is 0 Å². The summed E-state index contributed by atoms with van der Waals surface area (Å²) < 4.78 is 36.8. The third-order valence-corrected chi connectivity index (χ3v) is 1.77. The number of anilines is 1. The number of pyridine rings is 1. The Morgan fingerprint density at radius 2 is 2.13 bits per heavy atom. The second kappa shape index (κ2) is 4.33. The molecule has 1 heterocycles. The number of halogens is 3. The molecule has 82 valence electrons. The summed E-state index contributed by atoms with van der Waals surface area (Å²) >= 11 is 0. The maximum absolute atomic E-state index is 12.3. The van der Waals surface area contributed by atoms with Crippen LogP contribution in [0.15, 0.2) is 30.9 Å². The van der Waals surface area contributed by atoms with Gasteiger partial charge in [-0.25, -0.2) is 4.98 Å². The Bertz CT molecular complexity index is 347. The number of rotatable bonds is 3. The van der Waals surface area contributed by atoms with E-state index in [-0.39, 0.29) is 11.9 Å². The molecule has 1 N–H and O–H groups in total. The van der Waals surface area contributed by atoms with Crippen LogP contribution in [0.3, 0.4) is 0 Å². The molecule has 0 amide bonds. The van der Waals surface area contributed by atoms with Crippen molar-refractivity contribution in [2.24, 2.45) is 0 Å². The third-order valence-electron chi connectivity index (χ3n) is 1.77. The minimum atomic E-state index is -4.41. The first-order valence-electron chi connectivity index (χ1n) is 4.37. The van der Waals surface area contributed by atoms with E-state index < -0.39 is 11.9 Å². The summed E-state index contributed by atoms with van der Waals surface area (Å²) in [5.41, 5.74) is -0.899. The van der Waals surface area contributed by atoms with Gasteiger partial charge in [-0.1, -0.05) is 12.1 Å². The molecule has 0 aliphatic carbocycles. The van der Waals surface area contributed by atoms with E-state index in [4.69, 9.17) is 0 Å². The lowest BCUT2D eigenvalue weighted by atomic mass is 10.3. The molecule has 0 aliphatic heterocycles. The fraction of sp³-hybridized carbons (Fsp3) is 0.300. The molecule has 1 aromatic heterocycles. The van der Waals surface area contributed by atoms with Gasteiger partial charge in [-0.2, -0.15) is 13.2 Å². The van der Waals surface area contributed by atoms with Crippen LogP contribution in [0.4, 0.5) is 19.0 Å². The van der Waals surface area contributed by atoms with Gasteiger partial charge in [-0.15, -0.1) is 6.58 Å². The number of nitrogens with zero attached hydrogens (tertiary/aromatic N) is 1. The summed E-state index contributed by atoms with van der Waals surface area (Å²) in [5.74, 6) is 0.192. The first-order chi connectivity index (χ1) is 6.93. The molecule has 0 aliphatic rings. The number of aromatic nitrogens is 1. The molecule has 0 radical (unpaired) electrons. The Balaban J connectivity index is 2.88. The van der Waals surface area contributed by atoms with Crippen molar-refractivity contribution in [3.63, 3.8) is 0 Å². The Hall–Kier alpha value is -1.52. The lowest BCUT2D eigenvalue weighted by molar-refractivity contribution is -0.141. The van der Waals surface area contributed by atoms with E-state index in [1.165, 1.54) is 12.1 Å². The van der Waals surface area contributed by atoms with Gasteiger partial charge < -0.3 is 5.32 Å². The molecule has 1 rings (SSSR count). The molecule has 0 saturated carbocycles. The van der Waals surface area contributed by atoms with Crippen molar-refractivity contribution >= 4 is 5.82 Å². The highest BCUT2D eigenvalue weighted by Crippen LogP contribution is 2.28. The molecule has 0 spiro atoms. The summed E-state index contributed by atoms with van der Waals surface area (Å²) in [7, 11) is 0. The van der Waals surface area contributed by atoms with Crippen molar-refractivity contribution in [3.05, 3.63) is 36.5 Å². The van der Waals surface area contributed by atoms with E-state index >= 15 is 0 Å². The monoisotopic (exact) mass is 216 g/mol. The summed E-state index contributed by atoms with van der Waals surface area (Å²) in [6, 6.07) is 3.61. The second-order valence-corrected chi connectivity index (χ2v) is 3.07. The molecule has 0 saturated heterocycles. The van der Waals surface area contributed by atoms with Gasteiger partial charge in [0, 0.05) is 6.04 Å². The molecule has 0 aromatic carbocycles. The molecule has 15 heavy (non-hydrogen) atoms. The summed E-state index contributed by atoms with van der Waals surface area (Å²) in [6.45, 7) is 5.29. The molecule has 0 fully saturated rings. The van der Waals surface area contributed by atoms with Gasteiger partial charge in [0.05, 0.1) is 0 Å². The van der Waals surface area contributed by atoms with Gasteiger partial charge in [0.1, 0.15) is 11.5 Å². The highest BCUT2D eigenvalue weighted by molar-refractivity contribution is 5.37. The van der Waals surface area contributed by atoms with E-state index in [2.05, 4.69) is 16.9 Å². The standard InChI is InChI=1S/C10H11F3N2/c1-3-7(2)14-9-6-4-5-8(15-9)10(11,12)13/h3-7H,1H2,2H3,(H,14,15). The van der Waals surface area contributed by atoms with Crippen molar-refractivity contribution in [1.82, 2.24) is 4.98 Å². The molecular weight excluding hydrogens is 205 g/mol. The fourth-order valence-electron chi connectivity index (χ4n) is 0.965. The van der Waals surface area contributed by atoms with Crippen LogP contribution in [0.1, 0.15) is 12.6 Å². The first-order valence-corrected chi connectivity index (χ1v) is 4.37. The Morgan fingerprint density at radius 3 is 2.67 bits per heavy atom. The molecule has 1 atom stereocenters. The van der Waals surface area contributed by atoms with Crippen molar-refractivity contribution in [1.29, 1.82) is 0 Å². The van der Waals surface area contributed by atoms with Gasteiger partial charge in [0.2, 0.25) is 0 Å². The third kappa shape index (κ3) is 3.27. The molecular formula is C10H11F3N2. The van der Waals surface area contributed by atoms with Crippen molar-refractivity contribution < 1.29 is 13.2 Å². The van der Waals surface area contributed by atoms with E-state index in [9.17, 15) is 13.2 Å². The number of alkyl halides is 3. The van der Waals surface area contributed by atoms with Gasteiger partial charge in [0.25, 0.3) is 0 Å². The van der Waals surface area contributed by atoms with Gasteiger partial charge >= 0.3 is 6.18 Å². The molecule has 5 heteroatoms. The average molecular weight is 216 g/mol. The van der Waals surface area contributed by atoms with E-state index in [1.54, 1.807) is 13.0 Å². The quantitative estimate of drug-likeness (QED) is 0.785. The van der Waals surface area contributed by atoms with E-state index in [1.807, 2.05) is 0 Å². The lowest BCUT2D eigenvalue weighted by Crippen LogP contribution is -2.15.